The van der Waals surface area contributed by atoms with E-state index in [0.717, 1.165) is 12.8 Å². The van der Waals surface area contributed by atoms with E-state index in [9.17, 15) is 4.79 Å². The smallest absolute Gasteiger partial charge is 0.322 e. The van der Waals surface area contributed by atoms with Crippen molar-refractivity contribution in [2.75, 3.05) is 18.5 Å². The Kier molecular flexibility index (Phi) is 4.73. The molecule has 2 heterocycles. The van der Waals surface area contributed by atoms with Crippen LogP contribution in [-0.2, 0) is 4.79 Å². The Labute approximate surface area is 116 Å². The maximum atomic E-state index is 11.1. The molecule has 1 aromatic heterocycles. The Morgan fingerprint density at radius 1 is 1.47 bits per heavy atom. The third-order valence-electron chi connectivity index (χ3n) is 2.61. The Bertz CT molecular complexity index is 457. The number of amides is 1. The van der Waals surface area contributed by atoms with Crippen molar-refractivity contribution in [2.45, 2.75) is 32.2 Å². The van der Waals surface area contributed by atoms with Crippen LogP contribution in [-0.4, -0.2) is 40.1 Å². The number of rotatable bonds is 6. The largest absolute Gasteiger partial charge is 0.463 e. The first kappa shape index (κ1) is 13.8. The SMILES string of the molecule is CCCOc1nc(Cl)nc(NCC2CCC(=O)N2)n1. The van der Waals surface area contributed by atoms with Crippen LogP contribution in [0.25, 0.3) is 0 Å². The van der Waals surface area contributed by atoms with Crippen molar-refractivity contribution in [1.82, 2.24) is 20.3 Å². The van der Waals surface area contributed by atoms with Crippen molar-refractivity contribution in [3.63, 3.8) is 0 Å². The molecule has 1 saturated heterocycles. The summed E-state index contributed by atoms with van der Waals surface area (Å²) in [5.41, 5.74) is 0. The van der Waals surface area contributed by atoms with Gasteiger partial charge in [0.1, 0.15) is 0 Å². The highest BCUT2D eigenvalue weighted by molar-refractivity contribution is 6.28. The second-order valence-electron chi connectivity index (χ2n) is 4.24. The van der Waals surface area contributed by atoms with Gasteiger partial charge in [-0.15, -0.1) is 0 Å². The average Bonchev–Trinajstić information content (AvgIpc) is 2.79. The summed E-state index contributed by atoms with van der Waals surface area (Å²) in [6, 6.07) is 0.308. The molecule has 0 spiro atoms. The van der Waals surface area contributed by atoms with Gasteiger partial charge in [0.05, 0.1) is 6.61 Å². The highest BCUT2D eigenvalue weighted by atomic mass is 35.5. The van der Waals surface area contributed by atoms with Crippen LogP contribution in [0.1, 0.15) is 26.2 Å². The predicted molar refractivity (Wildman–Crippen MR) is 70.3 cm³/mol. The molecule has 0 radical (unpaired) electrons. The van der Waals surface area contributed by atoms with Crippen molar-refractivity contribution in [3.8, 4) is 6.01 Å². The normalized spacial score (nSPS) is 18.2. The molecule has 2 N–H and O–H groups in total. The summed E-state index contributed by atoms with van der Waals surface area (Å²) in [5, 5.41) is 5.96. The Morgan fingerprint density at radius 3 is 3.00 bits per heavy atom. The number of halogens is 1. The number of nitrogens with one attached hydrogen (secondary N) is 2. The van der Waals surface area contributed by atoms with Gasteiger partial charge < -0.3 is 15.4 Å². The Balaban J connectivity index is 1.91. The molecular formula is C11H16ClN5O2. The van der Waals surface area contributed by atoms with Crippen molar-refractivity contribution >= 4 is 23.5 Å². The van der Waals surface area contributed by atoms with Gasteiger partial charge in [-0.05, 0) is 24.4 Å². The summed E-state index contributed by atoms with van der Waals surface area (Å²) < 4.78 is 5.31. The lowest BCUT2D eigenvalue weighted by molar-refractivity contribution is -0.119. The maximum Gasteiger partial charge on any atom is 0.322 e. The third-order valence-corrected chi connectivity index (χ3v) is 2.78. The quantitative estimate of drug-likeness (QED) is 0.811. The molecule has 104 valence electrons. The van der Waals surface area contributed by atoms with Crippen LogP contribution in [0.5, 0.6) is 6.01 Å². The highest BCUT2D eigenvalue weighted by Crippen LogP contribution is 2.13. The molecule has 1 atom stereocenters. The lowest BCUT2D eigenvalue weighted by Crippen LogP contribution is -2.32. The molecule has 1 aliphatic rings. The average molecular weight is 286 g/mol. The molecule has 2 rings (SSSR count). The van der Waals surface area contributed by atoms with Crippen LogP contribution in [0.15, 0.2) is 0 Å². The van der Waals surface area contributed by atoms with E-state index in [2.05, 4.69) is 25.6 Å². The summed E-state index contributed by atoms with van der Waals surface area (Å²) in [4.78, 5) is 23.0. The molecule has 1 fully saturated rings. The Morgan fingerprint density at radius 2 is 2.32 bits per heavy atom. The second kappa shape index (κ2) is 6.51. The van der Waals surface area contributed by atoms with Crippen LogP contribution in [0.3, 0.4) is 0 Å². The van der Waals surface area contributed by atoms with Crippen molar-refractivity contribution < 1.29 is 9.53 Å². The van der Waals surface area contributed by atoms with Gasteiger partial charge in [0.15, 0.2) is 0 Å². The minimum atomic E-state index is 0.0763. The molecule has 1 aromatic rings. The van der Waals surface area contributed by atoms with Gasteiger partial charge in [0.2, 0.25) is 17.1 Å². The van der Waals surface area contributed by atoms with Crippen LogP contribution < -0.4 is 15.4 Å². The van der Waals surface area contributed by atoms with E-state index in [1.807, 2.05) is 6.92 Å². The van der Waals surface area contributed by atoms with Crippen LogP contribution >= 0.6 is 11.6 Å². The molecule has 19 heavy (non-hydrogen) atoms. The van der Waals surface area contributed by atoms with E-state index in [4.69, 9.17) is 16.3 Å². The zero-order chi connectivity index (χ0) is 13.7. The second-order valence-corrected chi connectivity index (χ2v) is 4.58. The van der Waals surface area contributed by atoms with E-state index in [0.29, 0.717) is 25.5 Å². The number of ether oxygens (including phenoxy) is 1. The number of carbonyl (C=O) groups excluding carboxylic acids is 1. The molecule has 1 amide bonds. The zero-order valence-corrected chi connectivity index (χ0v) is 11.4. The molecule has 7 nitrogen and oxygen atoms in total. The van der Waals surface area contributed by atoms with Crippen LogP contribution in [0, 0.1) is 0 Å². The zero-order valence-electron chi connectivity index (χ0n) is 10.6. The van der Waals surface area contributed by atoms with E-state index in [1.165, 1.54) is 0 Å². The monoisotopic (exact) mass is 285 g/mol. The fourth-order valence-corrected chi connectivity index (χ4v) is 1.87. The summed E-state index contributed by atoms with van der Waals surface area (Å²) in [5.74, 6) is 0.430. The van der Waals surface area contributed by atoms with Crippen molar-refractivity contribution in [3.05, 3.63) is 5.28 Å². The number of anilines is 1. The fourth-order valence-electron chi connectivity index (χ4n) is 1.71. The summed E-state index contributed by atoms with van der Waals surface area (Å²) in [6.07, 6.45) is 2.24. The number of hydrogen-bond donors (Lipinski definition) is 2. The molecule has 1 unspecified atom stereocenters. The van der Waals surface area contributed by atoms with E-state index >= 15 is 0 Å². The van der Waals surface area contributed by atoms with Gasteiger partial charge in [-0.25, -0.2) is 0 Å². The van der Waals surface area contributed by atoms with Gasteiger partial charge in [0, 0.05) is 19.0 Å². The molecular weight excluding hydrogens is 270 g/mol. The summed E-state index contributed by atoms with van der Waals surface area (Å²) in [6.45, 7) is 3.07. The topological polar surface area (TPSA) is 89.0 Å². The predicted octanol–water partition coefficient (Wildman–Crippen LogP) is 1.00. The minimum Gasteiger partial charge on any atom is -0.463 e. The standard InChI is InChI=1S/C11H16ClN5O2/c1-2-5-19-11-16-9(12)15-10(17-11)13-6-7-3-4-8(18)14-7/h7H,2-6H2,1H3,(H,14,18)(H,13,15,16,17). The number of carbonyl (C=O) groups is 1. The first-order valence-electron chi connectivity index (χ1n) is 6.25. The van der Waals surface area contributed by atoms with Crippen LogP contribution in [0.4, 0.5) is 5.95 Å². The highest BCUT2D eigenvalue weighted by Gasteiger charge is 2.20. The van der Waals surface area contributed by atoms with E-state index in [1.54, 1.807) is 0 Å². The maximum absolute atomic E-state index is 11.1. The number of nitrogens with zero attached hydrogens (tertiary/aromatic N) is 3. The van der Waals surface area contributed by atoms with E-state index < -0.39 is 0 Å². The molecule has 0 aliphatic carbocycles. The summed E-state index contributed by atoms with van der Waals surface area (Å²) in [7, 11) is 0. The molecule has 1 aliphatic heterocycles. The first-order chi connectivity index (χ1) is 9.17. The molecule has 0 bridgehead atoms. The van der Waals surface area contributed by atoms with Crippen molar-refractivity contribution in [2.24, 2.45) is 0 Å². The van der Waals surface area contributed by atoms with E-state index in [-0.39, 0.29) is 23.2 Å². The number of hydrogen-bond acceptors (Lipinski definition) is 6. The van der Waals surface area contributed by atoms with Gasteiger partial charge in [0.25, 0.3) is 0 Å². The molecule has 0 aromatic carbocycles. The van der Waals surface area contributed by atoms with Crippen molar-refractivity contribution in [1.29, 1.82) is 0 Å². The Hall–Kier alpha value is -1.63. The molecule has 8 heteroatoms. The number of aromatic nitrogens is 3. The minimum absolute atomic E-state index is 0.0763. The van der Waals surface area contributed by atoms with Crippen LogP contribution in [0.2, 0.25) is 5.28 Å². The van der Waals surface area contributed by atoms with Gasteiger partial charge in [-0.2, -0.15) is 15.0 Å². The third kappa shape index (κ3) is 4.20. The lowest BCUT2D eigenvalue weighted by Gasteiger charge is -2.11. The fraction of sp³-hybridized carbons (Fsp3) is 0.636. The van der Waals surface area contributed by atoms with Gasteiger partial charge >= 0.3 is 6.01 Å². The summed E-state index contributed by atoms with van der Waals surface area (Å²) >= 11 is 5.80. The van der Waals surface area contributed by atoms with Gasteiger partial charge in [-0.1, -0.05) is 6.92 Å². The first-order valence-corrected chi connectivity index (χ1v) is 6.62. The molecule has 0 saturated carbocycles. The lowest BCUT2D eigenvalue weighted by atomic mass is 10.2. The van der Waals surface area contributed by atoms with Gasteiger partial charge in [-0.3, -0.25) is 4.79 Å².